The molecular weight excluding hydrogens is 582 g/mol. The maximum atomic E-state index is 7.00. The van der Waals surface area contributed by atoms with E-state index in [1.807, 2.05) is 0 Å². The molecule has 2 saturated carbocycles. The van der Waals surface area contributed by atoms with Gasteiger partial charge >= 0.3 is 0 Å². The Morgan fingerprint density at radius 3 is 1.45 bits per heavy atom. The fourth-order valence-corrected chi connectivity index (χ4v) is 10.6. The van der Waals surface area contributed by atoms with E-state index < -0.39 is 0 Å². The summed E-state index contributed by atoms with van der Waals surface area (Å²) in [6.07, 6.45) is 17.0. The number of fused-ring (bicyclic) bond motifs is 2. The van der Waals surface area contributed by atoms with Crippen LogP contribution >= 0.6 is 17.0 Å². The molecule has 2 heterocycles. The van der Waals surface area contributed by atoms with E-state index in [2.05, 4.69) is 74.1 Å². The molecule has 2 aromatic rings. The fourth-order valence-electron chi connectivity index (χ4n) is 10.6. The Morgan fingerprint density at radius 1 is 0.643 bits per heavy atom. The summed E-state index contributed by atoms with van der Waals surface area (Å²) in [7, 11) is 5.70. The number of aliphatic hydroxyl groups excluding tert-OH is 1. The number of piperidine rings is 2. The van der Waals surface area contributed by atoms with Crippen molar-refractivity contribution in [1.82, 2.24) is 16.0 Å². The molecule has 2 saturated heterocycles. The van der Waals surface area contributed by atoms with Gasteiger partial charge in [0.25, 0.3) is 0 Å². The topological polar surface area (TPSA) is 61.7 Å². The first-order valence-electron chi connectivity index (χ1n) is 16.5. The molecule has 0 radical (unpaired) electrons. The largest absolute Gasteiger partial charge is 0.400 e. The van der Waals surface area contributed by atoms with Crippen molar-refractivity contribution in [3.05, 3.63) is 69.8 Å². The van der Waals surface area contributed by atoms with Gasteiger partial charge in [-0.05, 0) is 126 Å². The molecule has 4 N–H and O–H groups in total. The van der Waals surface area contributed by atoms with Crippen LogP contribution < -0.4 is 6.15 Å². The molecule has 2 aromatic carbocycles. The van der Waals surface area contributed by atoms with Crippen LogP contribution in [-0.2, 0) is 23.7 Å². The maximum Gasteiger partial charge on any atom is 0.0319 e. The van der Waals surface area contributed by atoms with Gasteiger partial charge in [0.2, 0.25) is 0 Å². The Balaban J connectivity index is 0.000000174. The number of benzene rings is 2. The lowest BCUT2D eigenvalue weighted by Crippen LogP contribution is -2.59. The molecule has 4 nitrogen and oxygen atoms in total. The van der Waals surface area contributed by atoms with Crippen LogP contribution in [0.3, 0.4) is 0 Å². The second-order valence-corrected chi connectivity index (χ2v) is 14.3. The molecule has 5 heteroatoms. The average molecular weight is 641 g/mol. The van der Waals surface area contributed by atoms with E-state index in [4.69, 9.17) is 5.11 Å². The molecule has 42 heavy (non-hydrogen) atoms. The number of hydrogen-bond acceptors (Lipinski definition) is 4. The van der Waals surface area contributed by atoms with Gasteiger partial charge in [-0.2, -0.15) is 0 Å². The van der Waals surface area contributed by atoms with E-state index >= 15 is 0 Å². The molecule has 6 atom stereocenters. The molecule has 6 aliphatic rings. The summed E-state index contributed by atoms with van der Waals surface area (Å²) < 4.78 is 0. The summed E-state index contributed by atoms with van der Waals surface area (Å²) in [6, 6.07) is 16.1. The minimum absolute atomic E-state index is 0. The molecule has 0 unspecified atom stereocenters. The molecule has 234 valence electrons. The number of rotatable bonds is 0. The van der Waals surface area contributed by atoms with Gasteiger partial charge in [0.15, 0.2) is 0 Å². The van der Waals surface area contributed by atoms with Crippen molar-refractivity contribution >= 4 is 17.0 Å². The van der Waals surface area contributed by atoms with Gasteiger partial charge in [-0.1, -0.05) is 73.2 Å². The van der Waals surface area contributed by atoms with Gasteiger partial charge < -0.3 is 21.1 Å². The smallest absolute Gasteiger partial charge is 0.0319 e. The van der Waals surface area contributed by atoms with E-state index in [-0.39, 0.29) is 23.1 Å². The molecule has 4 aliphatic carbocycles. The number of aryl methyl sites for hydroxylation is 2. The van der Waals surface area contributed by atoms with Crippen molar-refractivity contribution in [3.8, 4) is 0 Å². The Morgan fingerprint density at radius 2 is 1.05 bits per heavy atom. The summed E-state index contributed by atoms with van der Waals surface area (Å²) in [5.41, 5.74) is 10.8. The molecule has 0 amide bonds. The van der Waals surface area contributed by atoms with Crippen LogP contribution in [0.5, 0.6) is 0 Å². The molecule has 2 aliphatic heterocycles. The molecule has 8 rings (SSSR count). The van der Waals surface area contributed by atoms with Crippen LogP contribution in [0.4, 0.5) is 0 Å². The van der Waals surface area contributed by atoms with E-state index in [0.29, 0.717) is 10.8 Å². The first kappa shape index (κ1) is 33.6. The predicted molar refractivity (Wildman–Crippen MR) is 183 cm³/mol. The van der Waals surface area contributed by atoms with E-state index in [0.717, 1.165) is 31.0 Å². The second kappa shape index (κ2) is 13.4. The van der Waals surface area contributed by atoms with Gasteiger partial charge in [-0.3, -0.25) is 0 Å². The van der Waals surface area contributed by atoms with Gasteiger partial charge in [0, 0.05) is 30.0 Å². The highest BCUT2D eigenvalue weighted by molar-refractivity contribution is 8.93. The summed E-state index contributed by atoms with van der Waals surface area (Å²) in [5, 5.41) is 7.00. The average Bonchev–Trinajstić information content (AvgIpc) is 2.99. The Kier molecular flexibility index (Phi) is 10.7. The third kappa shape index (κ3) is 5.44. The van der Waals surface area contributed by atoms with Gasteiger partial charge in [-0.15, -0.1) is 17.0 Å². The van der Waals surface area contributed by atoms with Crippen molar-refractivity contribution in [2.24, 2.45) is 11.8 Å². The second-order valence-electron chi connectivity index (χ2n) is 14.3. The summed E-state index contributed by atoms with van der Waals surface area (Å²) in [6.45, 7) is 7.12. The van der Waals surface area contributed by atoms with Crippen molar-refractivity contribution < 1.29 is 5.11 Å². The molecule has 4 fully saturated rings. The third-order valence-corrected chi connectivity index (χ3v) is 12.5. The van der Waals surface area contributed by atoms with Crippen LogP contribution in [-0.4, -0.2) is 61.3 Å². The monoisotopic (exact) mass is 639 g/mol. The van der Waals surface area contributed by atoms with Crippen molar-refractivity contribution in [3.63, 3.8) is 0 Å². The van der Waals surface area contributed by atoms with Gasteiger partial charge in [0.05, 0.1) is 0 Å². The summed E-state index contributed by atoms with van der Waals surface area (Å²) in [5.74, 6) is 1.85. The Labute approximate surface area is 267 Å². The van der Waals surface area contributed by atoms with Crippen LogP contribution in [0, 0.1) is 25.7 Å². The van der Waals surface area contributed by atoms with Gasteiger partial charge in [-0.25, -0.2) is 0 Å². The van der Waals surface area contributed by atoms with Crippen LogP contribution in [0.25, 0.3) is 0 Å². The minimum Gasteiger partial charge on any atom is -0.400 e. The van der Waals surface area contributed by atoms with E-state index in [1.165, 1.54) is 101 Å². The first-order chi connectivity index (χ1) is 19.4. The zero-order valence-corrected chi connectivity index (χ0v) is 28.8. The number of aliphatic hydroxyl groups is 1. The Hall–Kier alpha value is -1.24. The SMILES string of the molecule is Br.CO.Cc1ccc2c(c1)[C@]13CCCC[C@@H]1[C@H](C2)N(C)CC3.Cc1ccc2c(c1)[C@]13CCCC[C@@H]1[C@H](C2)N(C)CC3.N. The lowest BCUT2D eigenvalue weighted by atomic mass is 9.52. The first-order valence-corrected chi connectivity index (χ1v) is 16.5. The Bertz CT molecular complexity index is 1120. The zero-order chi connectivity index (χ0) is 28.1. The van der Waals surface area contributed by atoms with E-state index in [1.54, 1.807) is 22.3 Å². The van der Waals surface area contributed by atoms with Crippen LogP contribution in [0.15, 0.2) is 36.4 Å². The van der Waals surface area contributed by atoms with Crippen molar-refractivity contribution in [2.75, 3.05) is 34.3 Å². The summed E-state index contributed by atoms with van der Waals surface area (Å²) >= 11 is 0. The van der Waals surface area contributed by atoms with Crippen LogP contribution in [0.2, 0.25) is 0 Å². The number of halogens is 1. The van der Waals surface area contributed by atoms with Crippen LogP contribution in [0.1, 0.15) is 97.6 Å². The molecule has 4 bridgehead atoms. The number of likely N-dealkylation sites (N-methyl/N-ethyl adjacent to an activating group) is 2. The lowest BCUT2D eigenvalue weighted by Gasteiger charge is -2.58. The van der Waals surface area contributed by atoms with E-state index in [9.17, 15) is 0 Å². The molecular formula is C37H58BrN3O. The highest BCUT2D eigenvalue weighted by Crippen LogP contribution is 2.56. The zero-order valence-electron chi connectivity index (χ0n) is 27.1. The quantitative estimate of drug-likeness (QED) is 0.310. The standard InChI is InChI=1S/2C18H25N.CH4O.BrH.H3N/c2*1-13-6-7-14-12-17-15-5-3-4-8-18(15,16(14)11-13)9-10-19(17)2;1-2;;/h2*6-7,11,15,17H,3-5,8-10,12H2,1-2H3;2H,1H3;1H;1H3/t2*15-,17+,18+;;;/m11.../s1. The van der Waals surface area contributed by atoms with Crippen molar-refractivity contribution in [2.45, 2.75) is 114 Å². The van der Waals surface area contributed by atoms with Gasteiger partial charge in [0.1, 0.15) is 0 Å². The predicted octanol–water partition coefficient (Wildman–Crippen LogP) is 7.71. The number of hydrogen-bond donors (Lipinski definition) is 2. The fraction of sp³-hybridized carbons (Fsp3) is 0.676. The summed E-state index contributed by atoms with van der Waals surface area (Å²) in [4.78, 5) is 5.30. The number of likely N-dealkylation sites (tertiary alicyclic amines) is 2. The molecule has 0 spiro atoms. The lowest BCUT2D eigenvalue weighted by molar-refractivity contribution is 0.00281. The van der Waals surface area contributed by atoms with Crippen molar-refractivity contribution in [1.29, 1.82) is 0 Å². The highest BCUT2D eigenvalue weighted by Gasteiger charge is 2.54. The maximum absolute atomic E-state index is 7.00. The minimum atomic E-state index is 0. The molecule has 0 aromatic heterocycles. The normalized spacial score (nSPS) is 34.1. The highest BCUT2D eigenvalue weighted by atomic mass is 79.9. The third-order valence-electron chi connectivity index (χ3n) is 12.5. The number of nitrogens with zero attached hydrogens (tertiary/aromatic N) is 2.